The van der Waals surface area contributed by atoms with E-state index in [4.69, 9.17) is 4.74 Å². The van der Waals surface area contributed by atoms with Gasteiger partial charge in [-0.2, -0.15) is 0 Å². The van der Waals surface area contributed by atoms with E-state index in [1.165, 1.54) is 18.5 Å². The first-order chi connectivity index (χ1) is 10.3. The van der Waals surface area contributed by atoms with Crippen LogP contribution in [0.15, 0.2) is 17.8 Å². The molecule has 0 spiro atoms. The highest BCUT2D eigenvalue weighted by molar-refractivity contribution is 7.09. The van der Waals surface area contributed by atoms with Crippen molar-refractivity contribution in [2.24, 2.45) is 5.92 Å². The monoisotopic (exact) mass is 307 g/mol. The molecule has 1 aliphatic heterocycles. The molecule has 0 aliphatic carbocycles. The summed E-state index contributed by atoms with van der Waals surface area (Å²) in [4.78, 5) is 7.09. The predicted octanol–water partition coefficient (Wildman–Crippen LogP) is 1.79. The van der Waals surface area contributed by atoms with Gasteiger partial charge in [0.1, 0.15) is 5.01 Å². The van der Waals surface area contributed by atoms with Gasteiger partial charge < -0.3 is 4.74 Å². The highest BCUT2D eigenvalue weighted by Crippen LogP contribution is 2.21. The van der Waals surface area contributed by atoms with E-state index < -0.39 is 0 Å². The van der Waals surface area contributed by atoms with Crippen molar-refractivity contribution in [2.45, 2.75) is 32.5 Å². The first-order valence-corrected chi connectivity index (χ1v) is 8.20. The van der Waals surface area contributed by atoms with Crippen molar-refractivity contribution in [3.63, 3.8) is 0 Å². The molecule has 2 aromatic heterocycles. The SMILES string of the molecule is COCc1nc(CN2CCC(Cn3ccnn3)CC2)cs1. The summed E-state index contributed by atoms with van der Waals surface area (Å²) in [5, 5.41) is 11.1. The van der Waals surface area contributed by atoms with Crippen LogP contribution in [0.1, 0.15) is 23.5 Å². The van der Waals surface area contributed by atoms with E-state index in [0.717, 1.165) is 31.2 Å². The molecule has 2 aromatic rings. The van der Waals surface area contributed by atoms with Gasteiger partial charge in [-0.05, 0) is 31.8 Å². The summed E-state index contributed by atoms with van der Waals surface area (Å²) in [5.41, 5.74) is 1.17. The molecule has 3 rings (SSSR count). The standard InChI is InChI=1S/C14H21N5OS/c1-20-10-14-16-13(11-21-14)9-18-5-2-12(3-6-18)8-19-7-4-15-17-19/h4,7,11-12H,2-3,5-6,8-10H2,1H3. The zero-order valence-corrected chi connectivity index (χ0v) is 13.1. The minimum atomic E-state index is 0.616. The zero-order valence-electron chi connectivity index (χ0n) is 12.3. The summed E-state index contributed by atoms with van der Waals surface area (Å²) in [6.45, 7) is 4.83. The van der Waals surface area contributed by atoms with Crippen LogP contribution < -0.4 is 0 Å². The van der Waals surface area contributed by atoms with Crippen LogP contribution in [0, 0.1) is 5.92 Å². The molecule has 1 aliphatic rings. The average molecular weight is 307 g/mol. The highest BCUT2D eigenvalue weighted by atomic mass is 32.1. The lowest BCUT2D eigenvalue weighted by atomic mass is 9.97. The molecule has 1 saturated heterocycles. The van der Waals surface area contributed by atoms with Gasteiger partial charge in [-0.3, -0.25) is 9.58 Å². The first kappa shape index (κ1) is 14.6. The lowest BCUT2D eigenvalue weighted by Crippen LogP contribution is -2.34. The van der Waals surface area contributed by atoms with Gasteiger partial charge in [0.15, 0.2) is 0 Å². The molecule has 21 heavy (non-hydrogen) atoms. The van der Waals surface area contributed by atoms with Crippen molar-refractivity contribution in [3.05, 3.63) is 28.5 Å². The fraction of sp³-hybridized carbons (Fsp3) is 0.643. The third-order valence-corrected chi connectivity index (χ3v) is 4.75. The summed E-state index contributed by atoms with van der Waals surface area (Å²) < 4.78 is 7.06. The van der Waals surface area contributed by atoms with Gasteiger partial charge in [-0.25, -0.2) is 4.98 Å². The fourth-order valence-electron chi connectivity index (χ4n) is 2.76. The fourth-order valence-corrected chi connectivity index (χ4v) is 3.52. The molecule has 1 fully saturated rings. The smallest absolute Gasteiger partial charge is 0.119 e. The van der Waals surface area contributed by atoms with E-state index in [0.29, 0.717) is 12.5 Å². The average Bonchev–Trinajstić information content (AvgIpc) is 3.14. The maximum absolute atomic E-state index is 5.12. The van der Waals surface area contributed by atoms with Crippen molar-refractivity contribution < 1.29 is 4.74 Å². The van der Waals surface area contributed by atoms with Crippen molar-refractivity contribution in [1.82, 2.24) is 24.9 Å². The van der Waals surface area contributed by atoms with E-state index >= 15 is 0 Å². The Bertz CT molecular complexity index is 533. The molecule has 0 N–H and O–H groups in total. The Morgan fingerprint density at radius 1 is 1.38 bits per heavy atom. The lowest BCUT2D eigenvalue weighted by Gasteiger charge is -2.31. The van der Waals surface area contributed by atoms with Gasteiger partial charge in [0, 0.05) is 31.8 Å². The molecular formula is C14H21N5OS. The number of ether oxygens (including phenoxy) is 1. The summed E-state index contributed by atoms with van der Waals surface area (Å²) in [5.74, 6) is 0.711. The number of methoxy groups -OCH3 is 1. The molecule has 0 bridgehead atoms. The number of hydrogen-bond acceptors (Lipinski definition) is 6. The van der Waals surface area contributed by atoms with Gasteiger partial charge >= 0.3 is 0 Å². The molecule has 0 radical (unpaired) electrons. The van der Waals surface area contributed by atoms with E-state index in [-0.39, 0.29) is 0 Å². The van der Waals surface area contributed by atoms with Crippen molar-refractivity contribution in [2.75, 3.05) is 20.2 Å². The molecule has 6 nitrogen and oxygen atoms in total. The highest BCUT2D eigenvalue weighted by Gasteiger charge is 2.20. The van der Waals surface area contributed by atoms with Gasteiger partial charge in [0.2, 0.25) is 0 Å². The third-order valence-electron chi connectivity index (χ3n) is 3.88. The molecule has 0 atom stereocenters. The third kappa shape index (κ3) is 4.09. The van der Waals surface area contributed by atoms with Crippen molar-refractivity contribution >= 4 is 11.3 Å². The van der Waals surface area contributed by atoms with Gasteiger partial charge in [0.25, 0.3) is 0 Å². The second-order valence-corrected chi connectivity index (χ2v) is 6.45. The van der Waals surface area contributed by atoms with E-state index in [2.05, 4.69) is 25.6 Å². The largest absolute Gasteiger partial charge is 0.378 e. The van der Waals surface area contributed by atoms with Gasteiger partial charge in [-0.15, -0.1) is 16.4 Å². The normalized spacial score (nSPS) is 17.4. The van der Waals surface area contributed by atoms with E-state index in [9.17, 15) is 0 Å². The molecule has 3 heterocycles. The molecule has 0 amide bonds. The summed E-state index contributed by atoms with van der Waals surface area (Å²) in [6, 6.07) is 0. The minimum Gasteiger partial charge on any atom is -0.378 e. The summed E-state index contributed by atoms with van der Waals surface area (Å²) >= 11 is 1.68. The van der Waals surface area contributed by atoms with Crippen LogP contribution in [0.2, 0.25) is 0 Å². The van der Waals surface area contributed by atoms with Crippen LogP contribution >= 0.6 is 11.3 Å². The first-order valence-electron chi connectivity index (χ1n) is 7.32. The van der Waals surface area contributed by atoms with Crippen molar-refractivity contribution in [3.8, 4) is 0 Å². The Hall–Kier alpha value is -1.31. The van der Waals surface area contributed by atoms with Crippen LogP contribution in [-0.2, 0) is 24.4 Å². The Labute approximate surface area is 128 Å². The Balaban J connectivity index is 1.44. The number of thiazole rings is 1. The maximum Gasteiger partial charge on any atom is 0.119 e. The second kappa shape index (κ2) is 7.11. The summed E-state index contributed by atoms with van der Waals surface area (Å²) in [7, 11) is 1.71. The molecule has 0 aromatic carbocycles. The number of rotatable bonds is 6. The maximum atomic E-state index is 5.12. The molecule has 0 unspecified atom stereocenters. The zero-order chi connectivity index (χ0) is 14.5. The molecule has 7 heteroatoms. The van der Waals surface area contributed by atoms with E-state index in [1.54, 1.807) is 24.6 Å². The van der Waals surface area contributed by atoms with Gasteiger partial charge in [0.05, 0.1) is 18.5 Å². The molecular weight excluding hydrogens is 286 g/mol. The quantitative estimate of drug-likeness (QED) is 0.814. The Kier molecular flexibility index (Phi) is 4.95. The number of nitrogens with zero attached hydrogens (tertiary/aromatic N) is 5. The van der Waals surface area contributed by atoms with E-state index in [1.807, 2.05) is 10.9 Å². The Morgan fingerprint density at radius 3 is 2.95 bits per heavy atom. The van der Waals surface area contributed by atoms with Crippen LogP contribution in [0.3, 0.4) is 0 Å². The summed E-state index contributed by atoms with van der Waals surface area (Å²) in [6.07, 6.45) is 6.12. The van der Waals surface area contributed by atoms with Gasteiger partial charge in [-0.1, -0.05) is 5.21 Å². The molecule has 0 saturated carbocycles. The van der Waals surface area contributed by atoms with Crippen LogP contribution in [0.25, 0.3) is 0 Å². The number of likely N-dealkylation sites (tertiary alicyclic amines) is 1. The van der Waals surface area contributed by atoms with Crippen molar-refractivity contribution in [1.29, 1.82) is 0 Å². The Morgan fingerprint density at radius 2 is 2.24 bits per heavy atom. The number of hydrogen-bond donors (Lipinski definition) is 0. The van der Waals surface area contributed by atoms with Crippen LogP contribution in [0.4, 0.5) is 0 Å². The predicted molar refractivity (Wildman–Crippen MR) is 80.9 cm³/mol. The second-order valence-electron chi connectivity index (χ2n) is 5.51. The lowest BCUT2D eigenvalue weighted by molar-refractivity contribution is 0.162. The van der Waals surface area contributed by atoms with Crippen LogP contribution in [-0.4, -0.2) is 45.1 Å². The molecule has 114 valence electrons. The number of aromatic nitrogens is 4. The topological polar surface area (TPSA) is 56.1 Å². The minimum absolute atomic E-state index is 0.616. The number of piperidine rings is 1. The van der Waals surface area contributed by atoms with Crippen LogP contribution in [0.5, 0.6) is 0 Å².